The number of anilines is 2. The zero-order chi connectivity index (χ0) is 22.4. The van der Waals surface area contributed by atoms with Gasteiger partial charge in [0.25, 0.3) is 11.5 Å². The summed E-state index contributed by atoms with van der Waals surface area (Å²) >= 11 is 1.21. The lowest BCUT2D eigenvalue weighted by atomic mass is 10.1. The van der Waals surface area contributed by atoms with Crippen LogP contribution >= 0.6 is 11.8 Å². The van der Waals surface area contributed by atoms with E-state index in [1.54, 1.807) is 29.4 Å². The van der Waals surface area contributed by atoms with Crippen LogP contribution in [0.15, 0.2) is 81.7 Å². The molecule has 0 aliphatic carbocycles. The van der Waals surface area contributed by atoms with Gasteiger partial charge in [-0.1, -0.05) is 42.1 Å². The Bertz CT molecular complexity index is 1450. The van der Waals surface area contributed by atoms with Crippen LogP contribution in [-0.2, 0) is 4.74 Å². The molecular formula is C25H20N4O3S. The standard InChI is InChI=1S/C25H20N4O3S/c30-24-19-8-5-12-26-23(19)33-22-20(15-27-29(25(22)31)21-9-3-4-13-32-21)28(24)18-11-10-16-6-1-2-7-17(16)14-18/h1-2,5-8,10-12,14-15,21H,3-4,9,13H2. The summed E-state index contributed by atoms with van der Waals surface area (Å²) in [6, 6.07) is 17.3. The molecule has 1 amide bonds. The number of pyridine rings is 1. The predicted octanol–water partition coefficient (Wildman–Crippen LogP) is 4.93. The minimum Gasteiger partial charge on any atom is -0.356 e. The van der Waals surface area contributed by atoms with Gasteiger partial charge in [0.2, 0.25) is 0 Å². The highest BCUT2D eigenvalue weighted by Crippen LogP contribution is 2.42. The second kappa shape index (κ2) is 8.13. The van der Waals surface area contributed by atoms with Crippen molar-refractivity contribution in [2.75, 3.05) is 11.5 Å². The third-order valence-electron chi connectivity index (χ3n) is 6.00. The van der Waals surface area contributed by atoms with Crippen LogP contribution in [0.5, 0.6) is 0 Å². The van der Waals surface area contributed by atoms with Gasteiger partial charge in [-0.2, -0.15) is 9.78 Å². The zero-order valence-electron chi connectivity index (χ0n) is 17.7. The molecule has 4 heterocycles. The summed E-state index contributed by atoms with van der Waals surface area (Å²) in [6.07, 6.45) is 5.53. The van der Waals surface area contributed by atoms with Crippen LogP contribution in [0.4, 0.5) is 11.4 Å². The van der Waals surface area contributed by atoms with Gasteiger partial charge in [0.15, 0.2) is 6.23 Å². The molecular weight excluding hydrogens is 436 g/mol. The van der Waals surface area contributed by atoms with E-state index in [1.807, 2.05) is 42.5 Å². The second-order valence-electron chi connectivity index (χ2n) is 8.06. The van der Waals surface area contributed by atoms with Crippen LogP contribution in [0.25, 0.3) is 10.8 Å². The number of ether oxygens (including phenoxy) is 1. The Labute approximate surface area is 194 Å². The summed E-state index contributed by atoms with van der Waals surface area (Å²) in [5, 5.41) is 7.03. The smallest absolute Gasteiger partial charge is 0.285 e. The number of benzene rings is 2. The summed E-state index contributed by atoms with van der Waals surface area (Å²) in [4.78, 5) is 33.7. The maximum Gasteiger partial charge on any atom is 0.285 e. The first kappa shape index (κ1) is 20.1. The zero-order valence-corrected chi connectivity index (χ0v) is 18.5. The molecule has 2 aliphatic heterocycles. The molecule has 1 fully saturated rings. The summed E-state index contributed by atoms with van der Waals surface area (Å²) in [6.45, 7) is 0.606. The Morgan fingerprint density at radius 1 is 1.00 bits per heavy atom. The topological polar surface area (TPSA) is 77.3 Å². The van der Waals surface area contributed by atoms with Gasteiger partial charge in [-0.3, -0.25) is 14.5 Å². The quantitative estimate of drug-likeness (QED) is 0.426. The molecule has 0 saturated carbocycles. The molecule has 0 N–H and O–H groups in total. The van der Waals surface area contributed by atoms with Gasteiger partial charge in [0.05, 0.1) is 17.4 Å². The molecule has 0 spiro atoms. The number of carbonyl (C=O) groups excluding carboxylic acids is 1. The third-order valence-corrected chi connectivity index (χ3v) is 7.11. The molecule has 1 saturated heterocycles. The van der Waals surface area contributed by atoms with Crippen molar-refractivity contribution >= 4 is 39.8 Å². The van der Waals surface area contributed by atoms with Gasteiger partial charge in [0, 0.05) is 18.5 Å². The van der Waals surface area contributed by atoms with Crippen LogP contribution < -0.4 is 10.5 Å². The maximum absolute atomic E-state index is 13.7. The Morgan fingerprint density at radius 3 is 2.73 bits per heavy atom. The van der Waals surface area contributed by atoms with Crippen molar-refractivity contribution in [2.24, 2.45) is 0 Å². The van der Waals surface area contributed by atoms with E-state index < -0.39 is 6.23 Å². The van der Waals surface area contributed by atoms with Gasteiger partial charge in [0.1, 0.15) is 9.92 Å². The molecule has 164 valence electrons. The average molecular weight is 457 g/mol. The number of aromatic nitrogens is 3. The van der Waals surface area contributed by atoms with Gasteiger partial charge in [-0.05, 0) is 54.3 Å². The molecule has 7 nitrogen and oxygen atoms in total. The van der Waals surface area contributed by atoms with Crippen LogP contribution in [0.2, 0.25) is 0 Å². The number of rotatable bonds is 2. The van der Waals surface area contributed by atoms with E-state index in [-0.39, 0.29) is 11.5 Å². The molecule has 33 heavy (non-hydrogen) atoms. The minimum atomic E-state index is -0.395. The van der Waals surface area contributed by atoms with E-state index in [0.717, 1.165) is 30.0 Å². The third kappa shape index (κ3) is 3.42. The molecule has 1 unspecified atom stereocenters. The number of nitrogens with zero attached hydrogens (tertiary/aromatic N) is 4. The molecule has 2 aromatic carbocycles. The SMILES string of the molecule is O=C1c2cccnc2Sc2c(cnn(C3CCCCO3)c2=O)N1c1ccc2ccccc2c1. The molecule has 0 radical (unpaired) electrons. The first-order valence-corrected chi connectivity index (χ1v) is 11.7. The highest BCUT2D eigenvalue weighted by atomic mass is 32.2. The number of carbonyl (C=O) groups is 1. The number of hydrogen-bond donors (Lipinski definition) is 0. The van der Waals surface area contributed by atoms with Gasteiger partial charge in [-0.15, -0.1) is 0 Å². The van der Waals surface area contributed by atoms with Crippen LogP contribution in [0.3, 0.4) is 0 Å². The lowest BCUT2D eigenvalue weighted by Crippen LogP contribution is -2.34. The first-order chi connectivity index (χ1) is 16.2. The average Bonchev–Trinajstić information content (AvgIpc) is 2.99. The molecule has 8 heteroatoms. The summed E-state index contributed by atoms with van der Waals surface area (Å²) in [5.41, 5.74) is 1.30. The summed E-state index contributed by atoms with van der Waals surface area (Å²) in [7, 11) is 0. The van der Waals surface area contributed by atoms with Gasteiger partial charge < -0.3 is 4.74 Å². The molecule has 4 aromatic rings. The molecule has 2 aliphatic rings. The summed E-state index contributed by atoms with van der Waals surface area (Å²) < 4.78 is 7.22. The Morgan fingerprint density at radius 2 is 1.88 bits per heavy atom. The van der Waals surface area contributed by atoms with E-state index in [4.69, 9.17) is 4.74 Å². The van der Waals surface area contributed by atoms with Crippen LogP contribution in [0.1, 0.15) is 35.8 Å². The van der Waals surface area contributed by atoms with E-state index in [0.29, 0.717) is 33.5 Å². The normalized spacial score (nSPS) is 18.0. The molecule has 2 aromatic heterocycles. The Hall–Kier alpha value is -3.49. The van der Waals surface area contributed by atoms with Crippen molar-refractivity contribution in [3.8, 4) is 0 Å². The van der Waals surface area contributed by atoms with E-state index in [2.05, 4.69) is 10.1 Å². The van der Waals surface area contributed by atoms with Crippen molar-refractivity contribution in [1.82, 2.24) is 14.8 Å². The van der Waals surface area contributed by atoms with E-state index in [9.17, 15) is 9.59 Å². The second-order valence-corrected chi connectivity index (χ2v) is 9.06. The number of hydrogen-bond acceptors (Lipinski definition) is 6. The molecule has 0 bridgehead atoms. The minimum absolute atomic E-state index is 0.243. The highest BCUT2D eigenvalue weighted by molar-refractivity contribution is 7.99. The fourth-order valence-corrected chi connectivity index (χ4v) is 5.35. The number of amides is 1. The maximum atomic E-state index is 13.7. The van der Waals surface area contributed by atoms with E-state index >= 15 is 0 Å². The van der Waals surface area contributed by atoms with Crippen molar-refractivity contribution in [2.45, 2.75) is 35.4 Å². The van der Waals surface area contributed by atoms with Crippen LogP contribution in [-0.4, -0.2) is 27.3 Å². The largest absolute Gasteiger partial charge is 0.356 e. The fourth-order valence-electron chi connectivity index (χ4n) is 4.35. The highest BCUT2D eigenvalue weighted by Gasteiger charge is 2.33. The Balaban J connectivity index is 1.57. The first-order valence-electron chi connectivity index (χ1n) is 10.9. The van der Waals surface area contributed by atoms with Crippen LogP contribution in [0, 0.1) is 0 Å². The monoisotopic (exact) mass is 456 g/mol. The lowest BCUT2D eigenvalue weighted by molar-refractivity contribution is -0.0429. The van der Waals surface area contributed by atoms with Crippen molar-refractivity contribution in [1.29, 1.82) is 0 Å². The fraction of sp³-hybridized carbons (Fsp3) is 0.200. The molecule has 6 rings (SSSR count). The van der Waals surface area contributed by atoms with Gasteiger partial charge >= 0.3 is 0 Å². The lowest BCUT2D eigenvalue weighted by Gasteiger charge is -2.26. The predicted molar refractivity (Wildman–Crippen MR) is 126 cm³/mol. The molecule has 1 atom stereocenters. The van der Waals surface area contributed by atoms with Gasteiger partial charge in [-0.25, -0.2) is 4.98 Å². The van der Waals surface area contributed by atoms with Crippen molar-refractivity contribution < 1.29 is 9.53 Å². The Kier molecular flexibility index (Phi) is 4.96. The van der Waals surface area contributed by atoms with Crippen molar-refractivity contribution in [3.63, 3.8) is 0 Å². The van der Waals surface area contributed by atoms with Crippen molar-refractivity contribution in [3.05, 3.63) is 82.9 Å². The number of fused-ring (bicyclic) bond motifs is 3. The van der Waals surface area contributed by atoms with E-state index in [1.165, 1.54) is 16.4 Å². The summed E-state index contributed by atoms with van der Waals surface area (Å²) in [5.74, 6) is -0.243.